The number of aromatic hydroxyl groups is 1. The minimum atomic E-state index is -2.66. The topological polar surface area (TPSA) is 174 Å². The van der Waals surface area contributed by atoms with Crippen LogP contribution in [0.15, 0.2) is 23.0 Å². The van der Waals surface area contributed by atoms with Crippen molar-refractivity contribution in [1.82, 2.24) is 9.80 Å². The summed E-state index contributed by atoms with van der Waals surface area (Å²) < 4.78 is 5.84. The molecule has 5 rings (SSSR count). The second kappa shape index (κ2) is 10.1. The van der Waals surface area contributed by atoms with E-state index < -0.39 is 58.0 Å². The van der Waals surface area contributed by atoms with Crippen LogP contribution < -0.4 is 10.5 Å². The molecule has 0 bridgehead atoms. The van der Waals surface area contributed by atoms with Crippen molar-refractivity contribution in [3.8, 4) is 11.5 Å². The first-order valence-electron chi connectivity index (χ1n) is 14.0. The number of benzene rings is 1. The van der Waals surface area contributed by atoms with E-state index in [1.807, 2.05) is 0 Å². The Labute approximate surface area is 238 Å². The summed E-state index contributed by atoms with van der Waals surface area (Å²) in [5, 5.41) is 45.3. The average molecular weight is 570 g/mol. The van der Waals surface area contributed by atoms with Gasteiger partial charge in [-0.25, -0.2) is 0 Å². The third-order valence-corrected chi connectivity index (χ3v) is 9.29. The van der Waals surface area contributed by atoms with Crippen molar-refractivity contribution < 1.29 is 39.5 Å². The van der Waals surface area contributed by atoms with Gasteiger partial charge in [-0.15, -0.1) is 0 Å². The third-order valence-electron chi connectivity index (χ3n) is 9.29. The third kappa shape index (κ3) is 4.33. The summed E-state index contributed by atoms with van der Waals surface area (Å²) in [6, 6.07) is 0.408. The number of likely N-dealkylation sites (N-methyl/N-ethyl adjacent to an activating group) is 1. The summed E-state index contributed by atoms with van der Waals surface area (Å²) in [4.78, 5) is 43.2. The molecule has 3 aliphatic carbocycles. The van der Waals surface area contributed by atoms with Gasteiger partial charge in [0, 0.05) is 42.3 Å². The second-order valence-corrected chi connectivity index (χ2v) is 12.5. The highest BCUT2D eigenvalue weighted by atomic mass is 16.5. The van der Waals surface area contributed by atoms with Crippen LogP contribution in [0, 0.1) is 23.7 Å². The molecule has 11 heteroatoms. The number of rotatable bonds is 5. The summed E-state index contributed by atoms with van der Waals surface area (Å²) in [5.41, 5.74) is 3.02. The van der Waals surface area contributed by atoms with E-state index in [0.29, 0.717) is 29.7 Å². The van der Waals surface area contributed by atoms with Crippen molar-refractivity contribution in [1.29, 1.82) is 0 Å². The first-order chi connectivity index (χ1) is 19.2. The quantitative estimate of drug-likeness (QED) is 0.327. The smallest absolute Gasteiger partial charge is 0.255 e. The summed E-state index contributed by atoms with van der Waals surface area (Å²) >= 11 is 0. The fourth-order valence-electron chi connectivity index (χ4n) is 7.89. The SMILES string of the molecule is COc1c(CN2CC(C)CC(C)C2)cc(O)c2c1C[C@H]1C[C@H]3[C@H](N(C)C)C(=O)C(C(N)=O)=C(O)[C@@]3(O)C(=O)C1=C2O. The van der Waals surface area contributed by atoms with Crippen LogP contribution in [-0.2, 0) is 27.3 Å². The summed E-state index contributed by atoms with van der Waals surface area (Å²) in [5.74, 6) is -5.15. The number of aliphatic hydroxyl groups is 3. The van der Waals surface area contributed by atoms with E-state index in [1.54, 1.807) is 14.1 Å². The van der Waals surface area contributed by atoms with Crippen LogP contribution in [0.5, 0.6) is 11.5 Å². The molecule has 2 fully saturated rings. The maximum atomic E-state index is 14.0. The lowest BCUT2D eigenvalue weighted by Gasteiger charge is -2.50. The van der Waals surface area contributed by atoms with E-state index >= 15 is 0 Å². The Morgan fingerprint density at radius 2 is 1.78 bits per heavy atom. The number of Topliss-reactive ketones (excluding diaryl/α,β-unsaturated/α-hetero) is 2. The minimum Gasteiger partial charge on any atom is -0.508 e. The summed E-state index contributed by atoms with van der Waals surface area (Å²) in [6.07, 6.45) is 1.36. The number of ketones is 2. The number of hydrogen-bond acceptors (Lipinski definition) is 10. The highest BCUT2D eigenvalue weighted by molar-refractivity contribution is 6.24. The number of fused-ring (bicyclic) bond motifs is 3. The number of likely N-dealkylation sites (tertiary alicyclic amines) is 1. The van der Waals surface area contributed by atoms with Crippen molar-refractivity contribution in [3.05, 3.63) is 39.7 Å². The van der Waals surface area contributed by atoms with Crippen LogP contribution in [0.25, 0.3) is 5.76 Å². The molecule has 222 valence electrons. The lowest BCUT2D eigenvalue weighted by Crippen LogP contribution is -2.65. The molecule has 0 radical (unpaired) electrons. The van der Waals surface area contributed by atoms with Gasteiger partial charge in [0.15, 0.2) is 11.4 Å². The van der Waals surface area contributed by atoms with Crippen molar-refractivity contribution in [3.63, 3.8) is 0 Å². The number of piperidine rings is 1. The van der Waals surface area contributed by atoms with E-state index in [-0.39, 0.29) is 29.7 Å². The molecule has 1 heterocycles. The second-order valence-electron chi connectivity index (χ2n) is 12.5. The largest absolute Gasteiger partial charge is 0.508 e. The molecular weight excluding hydrogens is 530 g/mol. The van der Waals surface area contributed by atoms with Crippen LogP contribution in [0.2, 0.25) is 0 Å². The van der Waals surface area contributed by atoms with E-state index in [0.717, 1.165) is 25.1 Å². The van der Waals surface area contributed by atoms with E-state index in [1.165, 1.54) is 18.1 Å². The monoisotopic (exact) mass is 569 g/mol. The summed E-state index contributed by atoms with van der Waals surface area (Å²) in [6.45, 7) is 6.77. The Hall–Kier alpha value is -3.41. The van der Waals surface area contributed by atoms with E-state index in [4.69, 9.17) is 10.5 Å². The number of aliphatic hydroxyl groups excluding tert-OH is 2. The number of primary amides is 1. The number of carbonyl (C=O) groups excluding carboxylic acids is 3. The number of ether oxygens (including phenoxy) is 1. The van der Waals surface area contributed by atoms with E-state index in [9.17, 15) is 34.8 Å². The van der Waals surface area contributed by atoms with E-state index in [2.05, 4.69) is 18.7 Å². The first kappa shape index (κ1) is 29.1. The highest BCUT2D eigenvalue weighted by Gasteiger charge is 2.64. The molecule has 1 saturated heterocycles. The van der Waals surface area contributed by atoms with Crippen LogP contribution >= 0.6 is 0 Å². The Bertz CT molecular complexity index is 1390. The maximum absolute atomic E-state index is 14.0. The van der Waals surface area contributed by atoms with Gasteiger partial charge in [0.25, 0.3) is 5.91 Å². The number of amides is 1. The van der Waals surface area contributed by atoms with Gasteiger partial charge in [-0.2, -0.15) is 0 Å². The number of methoxy groups -OCH3 is 1. The van der Waals surface area contributed by atoms with Crippen molar-refractivity contribution in [2.45, 2.75) is 51.3 Å². The van der Waals surface area contributed by atoms with Gasteiger partial charge in [-0.3, -0.25) is 24.2 Å². The van der Waals surface area contributed by atoms with Gasteiger partial charge in [0.2, 0.25) is 5.78 Å². The van der Waals surface area contributed by atoms with Crippen LogP contribution in [0.4, 0.5) is 0 Å². The molecule has 1 aliphatic heterocycles. The number of hydrogen-bond donors (Lipinski definition) is 5. The standard InChI is InChI=1S/C30H39N3O8/c1-13-6-14(2)11-33(10-13)12-16-9-19(34)21-17(26(16)41-5)7-15-8-18-23(32(3)4)25(36)22(29(31)39)28(38)30(18,40)27(37)20(15)24(21)35/h9,13-15,18,23,34-35,38,40H,6-8,10-12H2,1-5H3,(H2,31,39)/t13?,14?,15-,18-,23-,30-/m0/s1. The minimum absolute atomic E-state index is 0.0288. The van der Waals surface area contributed by atoms with Gasteiger partial charge >= 0.3 is 0 Å². The Morgan fingerprint density at radius 3 is 2.34 bits per heavy atom. The van der Waals surface area contributed by atoms with Gasteiger partial charge in [-0.05, 0) is 57.2 Å². The fourth-order valence-corrected chi connectivity index (χ4v) is 7.89. The molecule has 0 aromatic heterocycles. The molecule has 1 amide bonds. The fraction of sp³-hybridized carbons (Fsp3) is 0.567. The van der Waals surface area contributed by atoms with Crippen LogP contribution in [0.3, 0.4) is 0 Å². The predicted molar refractivity (Wildman–Crippen MR) is 149 cm³/mol. The molecule has 11 nitrogen and oxygen atoms in total. The van der Waals surface area contributed by atoms with Crippen molar-refractivity contribution in [2.75, 3.05) is 34.3 Å². The van der Waals surface area contributed by atoms with Gasteiger partial charge in [-0.1, -0.05) is 13.8 Å². The zero-order valence-corrected chi connectivity index (χ0v) is 24.1. The maximum Gasteiger partial charge on any atom is 0.255 e. The van der Waals surface area contributed by atoms with Gasteiger partial charge in [0.1, 0.15) is 28.6 Å². The number of phenolic OH excluding ortho intramolecular Hbond substituents is 1. The molecular formula is C30H39N3O8. The number of nitrogens with zero attached hydrogens (tertiary/aromatic N) is 2. The Morgan fingerprint density at radius 1 is 1.15 bits per heavy atom. The molecule has 1 aromatic rings. The lowest BCUT2D eigenvalue weighted by atomic mass is 9.57. The van der Waals surface area contributed by atoms with Gasteiger partial charge < -0.3 is 30.9 Å². The van der Waals surface area contributed by atoms with Crippen molar-refractivity contribution >= 4 is 23.2 Å². The molecule has 1 saturated carbocycles. The number of phenols is 1. The zero-order valence-electron chi connectivity index (χ0n) is 24.1. The summed E-state index contributed by atoms with van der Waals surface area (Å²) in [7, 11) is 4.67. The zero-order chi connectivity index (χ0) is 30.1. The lowest BCUT2D eigenvalue weighted by molar-refractivity contribution is -0.153. The van der Waals surface area contributed by atoms with Crippen LogP contribution in [-0.4, -0.2) is 93.6 Å². The van der Waals surface area contributed by atoms with Gasteiger partial charge in [0.05, 0.1) is 18.7 Å². The van der Waals surface area contributed by atoms with Crippen molar-refractivity contribution in [2.24, 2.45) is 29.4 Å². The molecule has 41 heavy (non-hydrogen) atoms. The highest BCUT2D eigenvalue weighted by Crippen LogP contribution is 2.54. The molecule has 4 aliphatic rings. The normalized spacial score (nSPS) is 32.1. The number of carbonyl (C=O) groups is 3. The molecule has 6 atom stereocenters. The Balaban J connectivity index is 1.63. The average Bonchev–Trinajstić information content (AvgIpc) is 2.85. The molecule has 6 N–H and O–H groups in total. The van der Waals surface area contributed by atoms with Crippen LogP contribution in [0.1, 0.15) is 43.4 Å². The molecule has 2 unspecified atom stereocenters. The number of nitrogens with two attached hydrogens (primary N) is 1. The Kier molecular flexibility index (Phi) is 7.20. The predicted octanol–water partition coefficient (Wildman–Crippen LogP) is 1.45. The molecule has 1 aromatic carbocycles. The first-order valence-corrected chi connectivity index (χ1v) is 14.0. The molecule has 0 spiro atoms.